The summed E-state index contributed by atoms with van der Waals surface area (Å²) in [6.45, 7) is 0. The Morgan fingerprint density at radius 3 is 2.65 bits per heavy atom. The van der Waals surface area contributed by atoms with Crippen LogP contribution in [0.15, 0.2) is 60.7 Å². The molecule has 20 heavy (non-hydrogen) atoms. The smallest absolute Gasteiger partial charge is 0.000717 e. The summed E-state index contributed by atoms with van der Waals surface area (Å²) in [6.07, 6.45) is 0. The van der Waals surface area contributed by atoms with Crippen LogP contribution in [0.25, 0.3) is 43.8 Å². The van der Waals surface area contributed by atoms with Gasteiger partial charge in [-0.25, -0.2) is 0 Å². The van der Waals surface area contributed by atoms with Crippen LogP contribution in [0.4, 0.5) is 0 Å². The molecule has 90 valence electrons. The van der Waals surface area contributed by atoms with Gasteiger partial charge in [0.1, 0.15) is 0 Å². The van der Waals surface area contributed by atoms with Crippen molar-refractivity contribution in [2.45, 2.75) is 0 Å². The molecular formula is C20H10. The van der Waals surface area contributed by atoms with E-state index >= 15 is 0 Å². The van der Waals surface area contributed by atoms with Crippen LogP contribution in [0.1, 0.15) is 0 Å². The molecule has 0 aromatic heterocycles. The maximum Gasteiger partial charge on any atom is -0.000717 e. The van der Waals surface area contributed by atoms with Gasteiger partial charge in [0, 0.05) is 0 Å². The summed E-state index contributed by atoms with van der Waals surface area (Å²) in [5.41, 5.74) is 5.11. The fourth-order valence-electron chi connectivity index (χ4n) is 3.42. The monoisotopic (exact) mass is 250 g/mol. The number of fused-ring (bicyclic) bond motifs is 5. The summed E-state index contributed by atoms with van der Waals surface area (Å²) in [4.78, 5) is 0. The Kier molecular flexibility index (Phi) is 1.78. The van der Waals surface area contributed by atoms with Gasteiger partial charge in [0.2, 0.25) is 0 Å². The Bertz CT molecular complexity index is 993. The molecule has 0 heteroatoms. The molecule has 0 saturated heterocycles. The van der Waals surface area contributed by atoms with Gasteiger partial charge in [-0.3, -0.25) is 0 Å². The largest absolute Gasteiger partial charge is 0.0616 e. The SMILES string of the molecule is [c]1[c]c2c(cc1)-c1cccc3cc4ccccc4c-2c13. The second-order valence-corrected chi connectivity index (χ2v) is 5.27. The molecule has 0 unspecified atom stereocenters. The summed E-state index contributed by atoms with van der Waals surface area (Å²) in [7, 11) is 0. The van der Waals surface area contributed by atoms with Gasteiger partial charge < -0.3 is 0 Å². The van der Waals surface area contributed by atoms with Crippen molar-refractivity contribution in [2.24, 2.45) is 0 Å². The molecule has 1 aliphatic carbocycles. The van der Waals surface area contributed by atoms with Crippen molar-refractivity contribution < 1.29 is 0 Å². The lowest BCUT2D eigenvalue weighted by molar-refractivity contribution is 1.67. The highest BCUT2D eigenvalue weighted by Gasteiger charge is 2.22. The zero-order chi connectivity index (χ0) is 13.1. The van der Waals surface area contributed by atoms with Gasteiger partial charge in [-0.05, 0) is 62.0 Å². The number of hydrogen-bond donors (Lipinski definition) is 0. The third-order valence-corrected chi connectivity index (χ3v) is 4.23. The van der Waals surface area contributed by atoms with E-state index in [1.54, 1.807) is 0 Å². The lowest BCUT2D eigenvalue weighted by Gasteiger charge is -2.07. The van der Waals surface area contributed by atoms with Gasteiger partial charge in [0.25, 0.3) is 0 Å². The van der Waals surface area contributed by atoms with E-state index in [9.17, 15) is 0 Å². The summed E-state index contributed by atoms with van der Waals surface area (Å²) in [6, 6.07) is 28.0. The molecule has 0 saturated carbocycles. The molecule has 0 atom stereocenters. The zero-order valence-electron chi connectivity index (χ0n) is 10.8. The highest BCUT2D eigenvalue weighted by Crippen LogP contribution is 2.49. The topological polar surface area (TPSA) is 0 Å². The predicted molar refractivity (Wildman–Crippen MR) is 83.6 cm³/mol. The van der Waals surface area contributed by atoms with E-state index in [1.165, 1.54) is 43.8 Å². The normalized spacial score (nSPS) is 12.0. The summed E-state index contributed by atoms with van der Waals surface area (Å²) in [5, 5.41) is 5.26. The molecule has 0 nitrogen and oxygen atoms in total. The van der Waals surface area contributed by atoms with Crippen molar-refractivity contribution >= 4 is 21.5 Å². The molecule has 0 spiro atoms. The zero-order valence-corrected chi connectivity index (χ0v) is 10.8. The quantitative estimate of drug-likeness (QED) is 0.330. The van der Waals surface area contributed by atoms with Crippen LogP contribution in [0.2, 0.25) is 0 Å². The molecule has 0 bridgehead atoms. The minimum atomic E-state index is 1.19. The minimum Gasteiger partial charge on any atom is -0.0616 e. The van der Waals surface area contributed by atoms with Gasteiger partial charge in [-0.1, -0.05) is 54.6 Å². The van der Waals surface area contributed by atoms with E-state index in [-0.39, 0.29) is 0 Å². The Morgan fingerprint density at radius 1 is 0.750 bits per heavy atom. The van der Waals surface area contributed by atoms with Crippen molar-refractivity contribution in [3.8, 4) is 22.3 Å². The fraction of sp³-hybridized carbons (Fsp3) is 0. The van der Waals surface area contributed by atoms with Crippen LogP contribution < -0.4 is 0 Å². The highest BCUT2D eigenvalue weighted by molar-refractivity contribution is 6.23. The molecule has 0 aliphatic heterocycles. The molecule has 5 rings (SSSR count). The molecule has 0 fully saturated rings. The third-order valence-electron chi connectivity index (χ3n) is 4.23. The molecule has 0 N–H and O–H groups in total. The Hall–Kier alpha value is -2.60. The van der Waals surface area contributed by atoms with E-state index in [4.69, 9.17) is 0 Å². The van der Waals surface area contributed by atoms with Crippen molar-refractivity contribution in [1.82, 2.24) is 0 Å². The molecule has 4 aromatic rings. The first-order chi connectivity index (χ1) is 9.93. The van der Waals surface area contributed by atoms with E-state index in [1.807, 2.05) is 6.07 Å². The number of rotatable bonds is 0. The lowest BCUT2D eigenvalue weighted by Crippen LogP contribution is -1.80. The summed E-state index contributed by atoms with van der Waals surface area (Å²) >= 11 is 0. The molecule has 2 radical (unpaired) electrons. The van der Waals surface area contributed by atoms with Crippen molar-refractivity contribution in [1.29, 1.82) is 0 Å². The molecule has 4 aromatic carbocycles. The second kappa shape index (κ2) is 3.49. The van der Waals surface area contributed by atoms with Gasteiger partial charge in [0.15, 0.2) is 0 Å². The van der Waals surface area contributed by atoms with Crippen LogP contribution in [0.5, 0.6) is 0 Å². The Balaban J connectivity index is 2.15. The van der Waals surface area contributed by atoms with E-state index < -0.39 is 0 Å². The van der Waals surface area contributed by atoms with Gasteiger partial charge >= 0.3 is 0 Å². The van der Waals surface area contributed by atoms with Crippen molar-refractivity contribution in [3.63, 3.8) is 0 Å². The van der Waals surface area contributed by atoms with Crippen LogP contribution in [-0.4, -0.2) is 0 Å². The Morgan fingerprint density at radius 2 is 1.65 bits per heavy atom. The first-order valence-corrected chi connectivity index (χ1v) is 6.81. The molecular weight excluding hydrogens is 240 g/mol. The maximum atomic E-state index is 3.32. The minimum absolute atomic E-state index is 1.19. The lowest BCUT2D eigenvalue weighted by atomic mass is 9.96. The van der Waals surface area contributed by atoms with Gasteiger partial charge in [0.05, 0.1) is 0 Å². The fourth-order valence-corrected chi connectivity index (χ4v) is 3.42. The van der Waals surface area contributed by atoms with Gasteiger partial charge in [-0.15, -0.1) is 0 Å². The van der Waals surface area contributed by atoms with Crippen molar-refractivity contribution in [2.75, 3.05) is 0 Å². The maximum absolute atomic E-state index is 3.32. The average molecular weight is 250 g/mol. The second-order valence-electron chi connectivity index (χ2n) is 5.27. The van der Waals surface area contributed by atoms with Crippen molar-refractivity contribution in [3.05, 3.63) is 72.8 Å². The average Bonchev–Trinajstić information content (AvgIpc) is 2.85. The standard InChI is InChI=1S/C20H10/c1-2-8-15-13(6-1)12-14-7-5-11-17-16-9-3-4-10-18(16)20(15)19(14)17/h1-3,5-9,11-12H. The first-order valence-electron chi connectivity index (χ1n) is 6.81. The molecule has 1 aliphatic rings. The summed E-state index contributed by atoms with van der Waals surface area (Å²) in [5.74, 6) is 0. The van der Waals surface area contributed by atoms with E-state index in [2.05, 4.69) is 66.7 Å². The highest BCUT2D eigenvalue weighted by atomic mass is 14.2. The number of benzene rings is 4. The van der Waals surface area contributed by atoms with Crippen LogP contribution in [-0.2, 0) is 0 Å². The van der Waals surface area contributed by atoms with E-state index in [0.717, 1.165) is 0 Å². The predicted octanol–water partition coefficient (Wildman–Crippen LogP) is 5.24. The van der Waals surface area contributed by atoms with Crippen LogP contribution in [0.3, 0.4) is 0 Å². The van der Waals surface area contributed by atoms with Gasteiger partial charge in [-0.2, -0.15) is 0 Å². The van der Waals surface area contributed by atoms with E-state index in [0.29, 0.717) is 0 Å². The van der Waals surface area contributed by atoms with Crippen LogP contribution in [0, 0.1) is 12.1 Å². The summed E-state index contributed by atoms with van der Waals surface area (Å²) < 4.78 is 0. The first kappa shape index (κ1) is 10.2. The van der Waals surface area contributed by atoms with Crippen LogP contribution >= 0.6 is 0 Å². The molecule has 0 heterocycles. The number of hydrogen-bond acceptors (Lipinski definition) is 0. The molecule has 0 amide bonds. The Labute approximate surface area is 117 Å². The third kappa shape index (κ3) is 1.12.